The van der Waals surface area contributed by atoms with E-state index in [2.05, 4.69) is 10.6 Å². The van der Waals surface area contributed by atoms with Gasteiger partial charge in [-0.25, -0.2) is 0 Å². The molecule has 0 heterocycles. The lowest BCUT2D eigenvalue weighted by Crippen LogP contribution is -2.35. The van der Waals surface area contributed by atoms with Crippen LogP contribution >= 0.6 is 0 Å². The van der Waals surface area contributed by atoms with Gasteiger partial charge in [0.25, 0.3) is 5.91 Å². The van der Waals surface area contributed by atoms with Gasteiger partial charge in [-0.3, -0.25) is 9.59 Å². The van der Waals surface area contributed by atoms with Crippen LogP contribution < -0.4 is 20.1 Å². The van der Waals surface area contributed by atoms with Gasteiger partial charge in [0.2, 0.25) is 5.91 Å². The predicted molar refractivity (Wildman–Crippen MR) is 84.8 cm³/mol. The van der Waals surface area contributed by atoms with Crippen molar-refractivity contribution in [1.29, 1.82) is 0 Å². The molecule has 0 spiro atoms. The zero-order chi connectivity index (χ0) is 17.2. The normalized spacial score (nSPS) is 9.87. The fourth-order valence-corrected chi connectivity index (χ4v) is 1.92. The summed E-state index contributed by atoms with van der Waals surface area (Å²) in [6.07, 6.45) is 0.375. The molecule has 0 atom stereocenters. The summed E-state index contributed by atoms with van der Waals surface area (Å²) in [5.74, 6) is 0.220. The van der Waals surface area contributed by atoms with Crippen LogP contribution in [0.2, 0.25) is 0 Å². The number of carbonyl (C=O) groups is 3. The largest absolute Gasteiger partial charge is 0.496 e. The molecule has 0 aliphatic carbocycles. The highest BCUT2D eigenvalue weighted by molar-refractivity contribution is 5.99. The van der Waals surface area contributed by atoms with Crippen molar-refractivity contribution < 1.29 is 23.9 Å². The van der Waals surface area contributed by atoms with Crippen LogP contribution in [0, 0.1) is 0 Å². The molecule has 0 saturated heterocycles. The van der Waals surface area contributed by atoms with Crippen molar-refractivity contribution in [3.05, 3.63) is 23.8 Å². The van der Waals surface area contributed by atoms with Gasteiger partial charge in [-0.1, -0.05) is 6.07 Å². The SMILES string of the molecule is COc1cccc(OC)c1C(=O)NCCNC(=O)CCC(C)=O. The molecule has 2 amide bonds. The Kier molecular flexibility index (Phi) is 7.59. The van der Waals surface area contributed by atoms with E-state index >= 15 is 0 Å². The summed E-state index contributed by atoms with van der Waals surface area (Å²) in [6.45, 7) is 1.97. The first-order chi connectivity index (χ1) is 11.0. The second-order valence-corrected chi connectivity index (χ2v) is 4.85. The first-order valence-corrected chi connectivity index (χ1v) is 7.25. The molecule has 2 N–H and O–H groups in total. The Balaban J connectivity index is 2.49. The molecule has 0 bridgehead atoms. The predicted octanol–water partition coefficient (Wildman–Crippen LogP) is 0.919. The molecule has 0 aliphatic heterocycles. The monoisotopic (exact) mass is 322 g/mol. The zero-order valence-electron chi connectivity index (χ0n) is 13.6. The molecule has 0 aromatic heterocycles. The lowest BCUT2D eigenvalue weighted by atomic mass is 10.1. The van der Waals surface area contributed by atoms with Crippen molar-refractivity contribution in [2.45, 2.75) is 19.8 Å². The Hall–Kier alpha value is -2.57. The van der Waals surface area contributed by atoms with Crippen LogP contribution in [0.25, 0.3) is 0 Å². The van der Waals surface area contributed by atoms with Crippen LogP contribution in [-0.2, 0) is 9.59 Å². The van der Waals surface area contributed by atoms with Crippen LogP contribution in [0.5, 0.6) is 11.5 Å². The Morgan fingerprint density at radius 3 is 2.04 bits per heavy atom. The van der Waals surface area contributed by atoms with Crippen LogP contribution in [0.3, 0.4) is 0 Å². The number of nitrogens with one attached hydrogen (secondary N) is 2. The maximum Gasteiger partial charge on any atom is 0.258 e. The molecule has 0 aliphatic rings. The average Bonchev–Trinajstić information content (AvgIpc) is 2.55. The molecule has 1 aromatic rings. The van der Waals surface area contributed by atoms with Crippen LogP contribution in [-0.4, -0.2) is 44.9 Å². The topological polar surface area (TPSA) is 93.7 Å². The second kappa shape index (κ2) is 9.45. The van der Waals surface area contributed by atoms with E-state index in [-0.39, 0.29) is 43.5 Å². The van der Waals surface area contributed by atoms with E-state index in [1.165, 1.54) is 21.1 Å². The molecule has 1 aromatic carbocycles. The lowest BCUT2D eigenvalue weighted by Gasteiger charge is -2.13. The maximum atomic E-state index is 12.2. The van der Waals surface area contributed by atoms with E-state index in [1.54, 1.807) is 18.2 Å². The van der Waals surface area contributed by atoms with Crippen molar-refractivity contribution in [2.24, 2.45) is 0 Å². The van der Waals surface area contributed by atoms with Crippen molar-refractivity contribution in [2.75, 3.05) is 27.3 Å². The molecule has 0 radical (unpaired) electrons. The van der Waals surface area contributed by atoms with Crippen LogP contribution in [0.15, 0.2) is 18.2 Å². The third-order valence-electron chi connectivity index (χ3n) is 3.09. The number of ether oxygens (including phenoxy) is 2. The number of hydrogen-bond acceptors (Lipinski definition) is 5. The van der Waals surface area contributed by atoms with Crippen molar-refractivity contribution in [1.82, 2.24) is 10.6 Å². The van der Waals surface area contributed by atoms with E-state index in [0.717, 1.165) is 0 Å². The van der Waals surface area contributed by atoms with E-state index in [1.807, 2.05) is 0 Å². The fraction of sp³-hybridized carbons (Fsp3) is 0.438. The third kappa shape index (κ3) is 5.98. The number of hydrogen-bond donors (Lipinski definition) is 2. The molecular formula is C16H22N2O5. The average molecular weight is 322 g/mol. The molecule has 23 heavy (non-hydrogen) atoms. The Morgan fingerprint density at radius 1 is 0.957 bits per heavy atom. The number of amides is 2. The minimum absolute atomic E-state index is 0.0308. The van der Waals surface area contributed by atoms with Gasteiger partial charge in [0.05, 0.1) is 14.2 Å². The summed E-state index contributed by atoms with van der Waals surface area (Å²) in [6, 6.07) is 5.06. The summed E-state index contributed by atoms with van der Waals surface area (Å²) in [4.78, 5) is 34.5. The van der Waals surface area contributed by atoms with E-state index < -0.39 is 0 Å². The summed E-state index contributed by atoms with van der Waals surface area (Å²) < 4.78 is 10.3. The van der Waals surface area contributed by atoms with Crippen LogP contribution in [0.1, 0.15) is 30.1 Å². The highest BCUT2D eigenvalue weighted by Crippen LogP contribution is 2.27. The summed E-state index contributed by atoms with van der Waals surface area (Å²) in [7, 11) is 2.95. The van der Waals surface area contributed by atoms with Gasteiger partial charge >= 0.3 is 0 Å². The number of benzene rings is 1. The van der Waals surface area contributed by atoms with E-state index in [0.29, 0.717) is 17.1 Å². The Labute approximate surface area is 135 Å². The lowest BCUT2D eigenvalue weighted by molar-refractivity contribution is -0.124. The summed E-state index contributed by atoms with van der Waals surface area (Å²) in [5.41, 5.74) is 0.306. The first kappa shape index (κ1) is 18.5. The number of rotatable bonds is 9. The number of carbonyl (C=O) groups excluding carboxylic acids is 3. The second-order valence-electron chi connectivity index (χ2n) is 4.85. The maximum absolute atomic E-state index is 12.2. The Bertz CT molecular complexity index is 549. The number of methoxy groups -OCH3 is 2. The quantitative estimate of drug-likeness (QED) is 0.659. The highest BCUT2D eigenvalue weighted by atomic mass is 16.5. The van der Waals surface area contributed by atoms with Crippen molar-refractivity contribution in [3.63, 3.8) is 0 Å². The van der Waals surface area contributed by atoms with Gasteiger partial charge in [0, 0.05) is 25.9 Å². The molecular weight excluding hydrogens is 300 g/mol. The van der Waals surface area contributed by atoms with Gasteiger partial charge < -0.3 is 24.9 Å². The molecule has 0 fully saturated rings. The highest BCUT2D eigenvalue weighted by Gasteiger charge is 2.17. The standard InChI is InChI=1S/C16H22N2O5/c1-11(19)7-8-14(20)17-9-10-18-16(21)15-12(22-2)5-4-6-13(15)23-3/h4-6H,7-10H2,1-3H3,(H,17,20)(H,18,21). The minimum Gasteiger partial charge on any atom is -0.496 e. The van der Waals surface area contributed by atoms with Gasteiger partial charge in [-0.05, 0) is 19.1 Å². The molecule has 7 nitrogen and oxygen atoms in total. The Morgan fingerprint density at radius 2 is 1.52 bits per heavy atom. The van der Waals surface area contributed by atoms with Gasteiger partial charge in [-0.15, -0.1) is 0 Å². The number of ketones is 1. The van der Waals surface area contributed by atoms with Crippen molar-refractivity contribution in [3.8, 4) is 11.5 Å². The molecule has 0 unspecified atom stereocenters. The number of Topliss-reactive ketones (excluding diaryl/α,β-unsaturated/α-hetero) is 1. The molecule has 126 valence electrons. The van der Waals surface area contributed by atoms with Gasteiger partial charge in [0.1, 0.15) is 22.8 Å². The summed E-state index contributed by atoms with van der Waals surface area (Å²) >= 11 is 0. The molecule has 1 rings (SSSR count). The summed E-state index contributed by atoms with van der Waals surface area (Å²) in [5, 5.41) is 5.32. The fourth-order valence-electron chi connectivity index (χ4n) is 1.92. The smallest absolute Gasteiger partial charge is 0.258 e. The van der Waals surface area contributed by atoms with Gasteiger partial charge in [0.15, 0.2) is 0 Å². The molecule has 0 saturated carbocycles. The molecule has 7 heteroatoms. The van der Waals surface area contributed by atoms with Gasteiger partial charge in [-0.2, -0.15) is 0 Å². The van der Waals surface area contributed by atoms with E-state index in [4.69, 9.17) is 9.47 Å². The van der Waals surface area contributed by atoms with E-state index in [9.17, 15) is 14.4 Å². The van der Waals surface area contributed by atoms with Crippen LogP contribution in [0.4, 0.5) is 0 Å². The first-order valence-electron chi connectivity index (χ1n) is 7.25. The van der Waals surface area contributed by atoms with Crippen molar-refractivity contribution >= 4 is 17.6 Å². The third-order valence-corrected chi connectivity index (χ3v) is 3.09. The minimum atomic E-state index is -0.350. The zero-order valence-corrected chi connectivity index (χ0v) is 13.6.